The van der Waals surface area contributed by atoms with Gasteiger partial charge in [-0.05, 0) is 35.0 Å². The number of carbonyl (C=O) groups excluding carboxylic acids is 1. The summed E-state index contributed by atoms with van der Waals surface area (Å²) in [6.07, 6.45) is -0.763. The lowest BCUT2D eigenvalue weighted by Crippen LogP contribution is -2.09. The van der Waals surface area contributed by atoms with E-state index in [0.717, 1.165) is 9.35 Å². The monoisotopic (exact) mass is 361 g/mol. The van der Waals surface area contributed by atoms with Crippen molar-refractivity contribution in [2.75, 3.05) is 6.61 Å². The molecule has 1 aromatic carbocycles. The molecule has 4 nitrogen and oxygen atoms in total. The molecule has 1 heterocycles. The zero-order valence-electron chi connectivity index (χ0n) is 9.85. The number of hydrogen-bond donors (Lipinski definition) is 0. The van der Waals surface area contributed by atoms with E-state index in [2.05, 4.69) is 25.7 Å². The van der Waals surface area contributed by atoms with Crippen molar-refractivity contribution >= 4 is 45.0 Å². The van der Waals surface area contributed by atoms with E-state index in [9.17, 15) is 4.79 Å². The lowest BCUT2D eigenvalue weighted by Gasteiger charge is -1.99. The third kappa shape index (κ3) is 3.68. The molecular weight excluding hydrogens is 354 g/mol. The van der Waals surface area contributed by atoms with Crippen LogP contribution in [0.1, 0.15) is 6.92 Å². The summed E-state index contributed by atoms with van der Waals surface area (Å²) in [5, 5.41) is 0.838. The van der Waals surface area contributed by atoms with Crippen LogP contribution in [0.4, 0.5) is 4.79 Å². The van der Waals surface area contributed by atoms with Gasteiger partial charge in [0.2, 0.25) is 0 Å². The first-order chi connectivity index (χ1) is 9.10. The Hall–Kier alpha value is -1.11. The van der Waals surface area contributed by atoms with Gasteiger partial charge in [-0.2, -0.15) is 0 Å². The first kappa shape index (κ1) is 14.3. The minimum atomic E-state index is -0.763. The van der Waals surface area contributed by atoms with Gasteiger partial charge in [0, 0.05) is 10.6 Å². The van der Waals surface area contributed by atoms with E-state index in [4.69, 9.17) is 16.3 Å². The van der Waals surface area contributed by atoms with Crippen LogP contribution in [-0.4, -0.2) is 17.7 Å². The van der Waals surface area contributed by atoms with Gasteiger partial charge in [-0.25, -0.2) is 9.78 Å². The second kappa shape index (κ2) is 6.36. The van der Waals surface area contributed by atoms with Gasteiger partial charge in [-0.3, -0.25) is 0 Å². The van der Waals surface area contributed by atoms with Crippen LogP contribution in [0.3, 0.4) is 0 Å². The van der Waals surface area contributed by atoms with Crippen LogP contribution in [0.15, 0.2) is 28.1 Å². The molecule has 2 aromatic rings. The lowest BCUT2D eigenvalue weighted by molar-refractivity contribution is 0.104. The van der Waals surface area contributed by atoms with Gasteiger partial charge in [0.1, 0.15) is 3.79 Å². The van der Waals surface area contributed by atoms with Crippen molar-refractivity contribution in [3.05, 3.63) is 33.1 Å². The number of carbonyl (C=O) groups is 1. The molecule has 0 aliphatic heterocycles. The van der Waals surface area contributed by atoms with Gasteiger partial charge in [-0.15, -0.1) is 0 Å². The quantitative estimate of drug-likeness (QED) is 0.739. The molecule has 0 saturated heterocycles. The van der Waals surface area contributed by atoms with E-state index < -0.39 is 6.16 Å². The van der Waals surface area contributed by atoms with E-state index in [-0.39, 0.29) is 11.8 Å². The van der Waals surface area contributed by atoms with Gasteiger partial charge in [0.25, 0.3) is 5.19 Å². The van der Waals surface area contributed by atoms with Crippen LogP contribution in [0.2, 0.25) is 5.02 Å². The summed E-state index contributed by atoms with van der Waals surface area (Å²) in [4.78, 5) is 15.4. The summed E-state index contributed by atoms with van der Waals surface area (Å²) in [5.74, 6) is 0. The highest BCUT2D eigenvalue weighted by Crippen LogP contribution is 2.37. The highest BCUT2D eigenvalue weighted by molar-refractivity contribution is 9.11. The zero-order chi connectivity index (χ0) is 13.8. The van der Waals surface area contributed by atoms with E-state index >= 15 is 0 Å². The number of ether oxygens (including phenoxy) is 2. The minimum absolute atomic E-state index is 0.223. The summed E-state index contributed by atoms with van der Waals surface area (Å²) in [7, 11) is 0. The molecule has 0 bridgehead atoms. The molecule has 0 atom stereocenters. The summed E-state index contributed by atoms with van der Waals surface area (Å²) in [6.45, 7) is 1.96. The van der Waals surface area contributed by atoms with Crippen molar-refractivity contribution < 1.29 is 14.3 Å². The topological polar surface area (TPSA) is 48.4 Å². The van der Waals surface area contributed by atoms with Crippen molar-refractivity contribution in [2.24, 2.45) is 0 Å². The number of aromatic nitrogens is 1. The predicted octanol–water partition coefficient (Wildman–Crippen LogP) is 4.76. The predicted molar refractivity (Wildman–Crippen MR) is 77.9 cm³/mol. The molecule has 0 aliphatic rings. The smallest absolute Gasteiger partial charge is 0.434 e. The molecule has 0 unspecified atom stereocenters. The maximum atomic E-state index is 11.2. The lowest BCUT2D eigenvalue weighted by atomic mass is 10.2. The van der Waals surface area contributed by atoms with Crippen LogP contribution < -0.4 is 4.74 Å². The molecular formula is C12H9BrClNO3S. The normalized spacial score (nSPS) is 10.3. The largest absolute Gasteiger partial charge is 0.515 e. The Morgan fingerprint density at radius 3 is 3.00 bits per heavy atom. The highest BCUT2D eigenvalue weighted by atomic mass is 79.9. The number of benzene rings is 1. The van der Waals surface area contributed by atoms with Crippen LogP contribution >= 0.6 is 38.9 Å². The fraction of sp³-hybridized carbons (Fsp3) is 0.167. The van der Waals surface area contributed by atoms with Gasteiger partial charge in [-0.1, -0.05) is 35.1 Å². The molecule has 0 aliphatic carbocycles. The molecule has 0 fully saturated rings. The van der Waals surface area contributed by atoms with Crippen molar-refractivity contribution in [1.82, 2.24) is 4.98 Å². The van der Waals surface area contributed by atoms with E-state index in [0.29, 0.717) is 10.7 Å². The fourth-order valence-electron chi connectivity index (χ4n) is 1.36. The number of hydrogen-bond acceptors (Lipinski definition) is 5. The third-order valence-corrected chi connectivity index (χ3v) is 3.92. The Labute approximate surface area is 127 Å². The van der Waals surface area contributed by atoms with Crippen molar-refractivity contribution in [2.45, 2.75) is 6.92 Å². The second-order valence-corrected chi connectivity index (χ2v) is 6.11. The molecule has 0 spiro atoms. The van der Waals surface area contributed by atoms with Crippen molar-refractivity contribution in [1.29, 1.82) is 0 Å². The Bertz CT molecular complexity index is 602. The summed E-state index contributed by atoms with van der Waals surface area (Å²) >= 11 is 10.5. The van der Waals surface area contributed by atoms with Crippen molar-refractivity contribution in [3.8, 4) is 16.5 Å². The second-order valence-electron chi connectivity index (χ2n) is 3.40. The maximum Gasteiger partial charge on any atom is 0.515 e. The Morgan fingerprint density at radius 2 is 2.32 bits per heavy atom. The van der Waals surface area contributed by atoms with Crippen LogP contribution in [0.5, 0.6) is 5.19 Å². The SMILES string of the molecule is CCOC(=O)Oc1nc(-c2cccc(Cl)c2)c(Br)s1. The van der Waals surface area contributed by atoms with Crippen LogP contribution in [0.25, 0.3) is 11.3 Å². The van der Waals surface area contributed by atoms with E-state index in [1.807, 2.05) is 12.1 Å². The summed E-state index contributed by atoms with van der Waals surface area (Å²) < 4.78 is 10.4. The third-order valence-electron chi connectivity index (χ3n) is 2.10. The molecule has 100 valence electrons. The number of rotatable bonds is 3. The van der Waals surface area contributed by atoms with E-state index in [1.54, 1.807) is 19.1 Å². The van der Waals surface area contributed by atoms with E-state index in [1.165, 1.54) is 11.3 Å². The zero-order valence-corrected chi connectivity index (χ0v) is 13.0. The minimum Gasteiger partial charge on any atom is -0.434 e. The molecule has 19 heavy (non-hydrogen) atoms. The van der Waals surface area contributed by atoms with Gasteiger partial charge < -0.3 is 9.47 Å². The van der Waals surface area contributed by atoms with Crippen LogP contribution in [-0.2, 0) is 4.74 Å². The molecule has 7 heteroatoms. The maximum absolute atomic E-state index is 11.2. The summed E-state index contributed by atoms with van der Waals surface area (Å²) in [5.41, 5.74) is 1.51. The van der Waals surface area contributed by atoms with Crippen LogP contribution in [0, 0.1) is 0 Å². The first-order valence-corrected chi connectivity index (χ1v) is 7.35. The molecule has 0 radical (unpaired) electrons. The fourth-order valence-corrected chi connectivity index (χ4v) is 2.94. The van der Waals surface area contributed by atoms with Gasteiger partial charge in [0.05, 0.1) is 12.3 Å². The molecule has 0 amide bonds. The summed E-state index contributed by atoms with van der Waals surface area (Å²) in [6, 6.07) is 7.27. The molecule has 0 N–H and O–H groups in total. The molecule has 0 saturated carbocycles. The Morgan fingerprint density at radius 1 is 1.53 bits per heavy atom. The number of nitrogens with zero attached hydrogens (tertiary/aromatic N) is 1. The number of halogens is 2. The standard InChI is InChI=1S/C12H9BrClNO3S/c1-2-17-12(16)18-11-15-9(10(13)19-11)7-4-3-5-8(14)6-7/h3-6H,2H2,1H3. The van der Waals surface area contributed by atoms with Gasteiger partial charge in [0.15, 0.2) is 0 Å². The molecule has 2 rings (SSSR count). The number of thiazole rings is 1. The van der Waals surface area contributed by atoms with Gasteiger partial charge >= 0.3 is 6.16 Å². The Kier molecular flexibility index (Phi) is 4.79. The average molecular weight is 363 g/mol. The average Bonchev–Trinajstić information content (AvgIpc) is 2.70. The molecule has 1 aromatic heterocycles. The first-order valence-electron chi connectivity index (χ1n) is 5.37. The van der Waals surface area contributed by atoms with Crippen molar-refractivity contribution in [3.63, 3.8) is 0 Å². The Balaban J connectivity index is 2.24. The highest BCUT2D eigenvalue weighted by Gasteiger charge is 2.15.